The molecule has 0 aliphatic heterocycles. The van der Waals surface area contributed by atoms with Gasteiger partial charge in [-0.1, -0.05) is 27.7 Å². The summed E-state index contributed by atoms with van der Waals surface area (Å²) in [6.07, 6.45) is 5.04. The summed E-state index contributed by atoms with van der Waals surface area (Å²) in [4.78, 5) is 2.50. The molecule has 0 bridgehead atoms. The molecule has 3 heteroatoms. The molecule has 114 valence electrons. The second-order valence-corrected chi connectivity index (χ2v) is 6.91. The van der Waals surface area contributed by atoms with Gasteiger partial charge in [-0.15, -0.1) is 0 Å². The zero-order valence-corrected chi connectivity index (χ0v) is 13.5. The van der Waals surface area contributed by atoms with E-state index < -0.39 is 0 Å². The molecule has 2 rings (SSSR count). The molecule has 0 spiro atoms. The van der Waals surface area contributed by atoms with Gasteiger partial charge in [0, 0.05) is 30.5 Å². The Morgan fingerprint density at radius 2 is 2.10 bits per heavy atom. The van der Waals surface area contributed by atoms with Crippen molar-refractivity contribution in [1.82, 2.24) is 9.47 Å². The van der Waals surface area contributed by atoms with E-state index in [2.05, 4.69) is 49.4 Å². The van der Waals surface area contributed by atoms with Gasteiger partial charge in [0.2, 0.25) is 0 Å². The fourth-order valence-electron chi connectivity index (χ4n) is 3.39. The molecule has 1 N–H and O–H groups in total. The summed E-state index contributed by atoms with van der Waals surface area (Å²) < 4.78 is 2.36. The van der Waals surface area contributed by atoms with Gasteiger partial charge in [-0.05, 0) is 43.8 Å². The monoisotopic (exact) mass is 278 g/mol. The number of fused-ring (bicyclic) bond motifs is 1. The van der Waals surface area contributed by atoms with Gasteiger partial charge in [0.05, 0.1) is 6.10 Å². The Morgan fingerprint density at radius 1 is 1.35 bits per heavy atom. The van der Waals surface area contributed by atoms with Gasteiger partial charge >= 0.3 is 0 Å². The lowest BCUT2D eigenvalue weighted by Gasteiger charge is -2.34. The zero-order valence-electron chi connectivity index (χ0n) is 13.5. The summed E-state index contributed by atoms with van der Waals surface area (Å²) >= 11 is 0. The molecule has 1 aliphatic carbocycles. The average Bonchev–Trinajstić information content (AvgIpc) is 2.76. The average molecular weight is 278 g/mol. The maximum Gasteiger partial charge on any atom is 0.0812 e. The lowest BCUT2D eigenvalue weighted by atomic mass is 9.75. The second kappa shape index (κ2) is 6.31. The molecule has 1 unspecified atom stereocenters. The van der Waals surface area contributed by atoms with E-state index in [-0.39, 0.29) is 11.5 Å². The highest BCUT2D eigenvalue weighted by atomic mass is 16.3. The summed E-state index contributed by atoms with van der Waals surface area (Å²) in [6, 6.07) is 2.12. The first kappa shape index (κ1) is 15.6. The minimum Gasteiger partial charge on any atom is -0.388 e. The van der Waals surface area contributed by atoms with Crippen molar-refractivity contribution >= 4 is 0 Å². The number of aliphatic hydroxyl groups excluding tert-OH is 1. The quantitative estimate of drug-likeness (QED) is 0.865. The Balaban J connectivity index is 2.07. The summed E-state index contributed by atoms with van der Waals surface area (Å²) in [5, 5.41) is 10.3. The standard InChI is InChI=1S/C17H30N2O/c1-5-8-18(6-2)10-11-19-9-7-14-15(19)12-17(3,4)13-16(14)20/h7,9,16,20H,5-6,8,10-13H2,1-4H3. The van der Waals surface area contributed by atoms with Gasteiger partial charge in [0.15, 0.2) is 0 Å². The van der Waals surface area contributed by atoms with Gasteiger partial charge in [-0.3, -0.25) is 0 Å². The van der Waals surface area contributed by atoms with Crippen LogP contribution in [-0.4, -0.2) is 34.2 Å². The highest BCUT2D eigenvalue weighted by Gasteiger charge is 2.33. The van der Waals surface area contributed by atoms with E-state index in [9.17, 15) is 5.11 Å². The fraction of sp³-hybridized carbons (Fsp3) is 0.765. The molecule has 0 radical (unpaired) electrons. The Kier molecular flexibility index (Phi) is 4.92. The van der Waals surface area contributed by atoms with E-state index in [1.165, 1.54) is 18.7 Å². The van der Waals surface area contributed by atoms with Crippen LogP contribution in [-0.2, 0) is 13.0 Å². The van der Waals surface area contributed by atoms with Crippen molar-refractivity contribution in [3.05, 3.63) is 23.5 Å². The minimum atomic E-state index is -0.284. The van der Waals surface area contributed by atoms with Crippen molar-refractivity contribution in [2.24, 2.45) is 5.41 Å². The number of aromatic nitrogens is 1. The number of nitrogens with zero attached hydrogens (tertiary/aromatic N) is 2. The minimum absolute atomic E-state index is 0.205. The molecule has 0 fully saturated rings. The van der Waals surface area contributed by atoms with Gasteiger partial charge < -0.3 is 14.6 Å². The van der Waals surface area contributed by atoms with Crippen LogP contribution in [0, 0.1) is 5.41 Å². The molecule has 0 saturated heterocycles. The largest absolute Gasteiger partial charge is 0.388 e. The number of likely N-dealkylation sites (N-methyl/N-ethyl adjacent to an activating group) is 1. The normalized spacial score (nSPS) is 21.2. The Morgan fingerprint density at radius 3 is 2.75 bits per heavy atom. The number of hydrogen-bond acceptors (Lipinski definition) is 2. The maximum atomic E-state index is 10.3. The molecule has 0 aromatic carbocycles. The fourth-order valence-corrected chi connectivity index (χ4v) is 3.39. The lowest BCUT2D eigenvalue weighted by molar-refractivity contribution is 0.0977. The molecule has 20 heavy (non-hydrogen) atoms. The Hall–Kier alpha value is -0.800. The van der Waals surface area contributed by atoms with Crippen molar-refractivity contribution in [1.29, 1.82) is 0 Å². The molecule has 0 amide bonds. The zero-order chi connectivity index (χ0) is 14.8. The molecule has 1 aromatic rings. The van der Waals surface area contributed by atoms with Crippen LogP contribution in [0.4, 0.5) is 0 Å². The van der Waals surface area contributed by atoms with E-state index in [4.69, 9.17) is 0 Å². The van der Waals surface area contributed by atoms with E-state index in [1.807, 2.05) is 0 Å². The van der Waals surface area contributed by atoms with Gasteiger partial charge in [0.1, 0.15) is 0 Å². The molecule has 0 saturated carbocycles. The Bertz CT molecular complexity index is 436. The van der Waals surface area contributed by atoms with Crippen LogP contribution in [0.2, 0.25) is 0 Å². The van der Waals surface area contributed by atoms with Crippen LogP contribution in [0.15, 0.2) is 12.3 Å². The van der Waals surface area contributed by atoms with Crippen molar-refractivity contribution < 1.29 is 5.11 Å². The Labute approximate surface area is 123 Å². The molecular formula is C17H30N2O. The maximum absolute atomic E-state index is 10.3. The second-order valence-electron chi connectivity index (χ2n) is 6.91. The van der Waals surface area contributed by atoms with Crippen LogP contribution >= 0.6 is 0 Å². The van der Waals surface area contributed by atoms with Crippen molar-refractivity contribution in [3.8, 4) is 0 Å². The van der Waals surface area contributed by atoms with Crippen molar-refractivity contribution in [2.45, 2.75) is 59.6 Å². The third kappa shape index (κ3) is 3.44. The number of hydrogen-bond donors (Lipinski definition) is 1. The first-order chi connectivity index (χ1) is 9.46. The predicted octanol–water partition coefficient (Wildman–Crippen LogP) is 3.23. The molecule has 1 aromatic heterocycles. The first-order valence-corrected chi connectivity index (χ1v) is 8.05. The highest BCUT2D eigenvalue weighted by Crippen LogP contribution is 2.40. The molecule has 1 aliphatic rings. The van der Waals surface area contributed by atoms with Crippen LogP contribution in [0.25, 0.3) is 0 Å². The van der Waals surface area contributed by atoms with E-state index in [1.54, 1.807) is 0 Å². The molecule has 1 heterocycles. The lowest BCUT2D eigenvalue weighted by Crippen LogP contribution is -2.30. The van der Waals surface area contributed by atoms with E-state index in [0.29, 0.717) is 0 Å². The predicted molar refractivity (Wildman–Crippen MR) is 83.9 cm³/mol. The first-order valence-electron chi connectivity index (χ1n) is 8.05. The van der Waals surface area contributed by atoms with Gasteiger partial charge in [-0.2, -0.15) is 0 Å². The molecule has 1 atom stereocenters. The third-order valence-electron chi connectivity index (χ3n) is 4.51. The number of aliphatic hydroxyl groups is 1. The molecular weight excluding hydrogens is 248 g/mol. The van der Waals surface area contributed by atoms with Crippen molar-refractivity contribution in [2.75, 3.05) is 19.6 Å². The van der Waals surface area contributed by atoms with Crippen molar-refractivity contribution in [3.63, 3.8) is 0 Å². The van der Waals surface area contributed by atoms with E-state index in [0.717, 1.165) is 38.0 Å². The SMILES string of the molecule is CCCN(CC)CCn1ccc2c1CC(C)(C)CC2O. The third-order valence-corrected chi connectivity index (χ3v) is 4.51. The van der Waals surface area contributed by atoms with Crippen LogP contribution < -0.4 is 0 Å². The topological polar surface area (TPSA) is 28.4 Å². The van der Waals surface area contributed by atoms with Crippen LogP contribution in [0.1, 0.15) is 57.9 Å². The summed E-state index contributed by atoms with van der Waals surface area (Å²) in [5.74, 6) is 0. The summed E-state index contributed by atoms with van der Waals surface area (Å²) in [6.45, 7) is 13.4. The van der Waals surface area contributed by atoms with Gasteiger partial charge in [0.25, 0.3) is 0 Å². The number of rotatable bonds is 6. The summed E-state index contributed by atoms with van der Waals surface area (Å²) in [7, 11) is 0. The van der Waals surface area contributed by atoms with Crippen LogP contribution in [0.5, 0.6) is 0 Å². The van der Waals surface area contributed by atoms with Crippen LogP contribution in [0.3, 0.4) is 0 Å². The van der Waals surface area contributed by atoms with Gasteiger partial charge in [-0.25, -0.2) is 0 Å². The molecule has 3 nitrogen and oxygen atoms in total. The highest BCUT2D eigenvalue weighted by molar-refractivity contribution is 5.29. The summed E-state index contributed by atoms with van der Waals surface area (Å²) in [5.41, 5.74) is 2.71. The van der Waals surface area contributed by atoms with E-state index >= 15 is 0 Å². The smallest absolute Gasteiger partial charge is 0.0812 e.